The number of hydrogen-bond donors (Lipinski definition) is 0. The molecular weight excluding hydrogens is 238 g/mol. The maximum absolute atomic E-state index is 11.8. The number of ether oxygens (including phenoxy) is 1. The number of nitrogens with zero attached hydrogens (tertiary/aromatic N) is 1. The van der Waals surface area contributed by atoms with Gasteiger partial charge < -0.3 is 4.74 Å². The molecule has 1 fully saturated rings. The molecule has 2 rings (SSSR count). The topological polar surface area (TPSA) is 38.7 Å². The van der Waals surface area contributed by atoms with Gasteiger partial charge in [0, 0.05) is 5.71 Å². The number of rotatable bonds is 3. The monoisotopic (exact) mass is 259 g/mol. The van der Waals surface area contributed by atoms with Crippen molar-refractivity contribution in [2.45, 2.75) is 38.6 Å². The van der Waals surface area contributed by atoms with Gasteiger partial charge in [-0.25, -0.2) is 0 Å². The van der Waals surface area contributed by atoms with Crippen molar-refractivity contribution < 1.29 is 9.53 Å². The van der Waals surface area contributed by atoms with Crippen molar-refractivity contribution in [3.05, 3.63) is 35.9 Å². The van der Waals surface area contributed by atoms with E-state index in [9.17, 15) is 4.79 Å². The lowest BCUT2D eigenvalue weighted by Crippen LogP contribution is -2.28. The number of esters is 1. The molecule has 0 bridgehead atoms. The van der Waals surface area contributed by atoms with Gasteiger partial charge in [-0.2, -0.15) is 0 Å². The van der Waals surface area contributed by atoms with Gasteiger partial charge >= 0.3 is 5.97 Å². The Morgan fingerprint density at radius 3 is 2.74 bits per heavy atom. The quantitative estimate of drug-likeness (QED) is 0.779. The normalized spacial score (nSPS) is 23.1. The van der Waals surface area contributed by atoms with E-state index in [1.165, 1.54) is 12.7 Å². The first-order valence-corrected chi connectivity index (χ1v) is 6.91. The summed E-state index contributed by atoms with van der Waals surface area (Å²) in [4.78, 5) is 16.6. The molecule has 1 aliphatic rings. The maximum atomic E-state index is 11.8. The lowest BCUT2D eigenvalue weighted by Gasteiger charge is -2.23. The molecule has 1 unspecified atom stereocenters. The molecule has 2 atom stereocenters. The number of aliphatic imine (C=N–C) groups is 1. The average Bonchev–Trinajstić information content (AvgIpc) is 2.48. The highest BCUT2D eigenvalue weighted by Gasteiger charge is 2.28. The molecule has 0 heterocycles. The molecule has 3 nitrogen and oxygen atoms in total. The van der Waals surface area contributed by atoms with E-state index in [0.717, 1.165) is 31.4 Å². The van der Waals surface area contributed by atoms with Crippen LogP contribution < -0.4 is 0 Å². The minimum Gasteiger partial charge on any atom is -0.469 e. The zero-order valence-electron chi connectivity index (χ0n) is 11.6. The summed E-state index contributed by atoms with van der Waals surface area (Å²) in [5.41, 5.74) is 2.19. The maximum Gasteiger partial charge on any atom is 0.314 e. The molecule has 0 amide bonds. The standard InChI is InChI=1S/C16H21NO2/c1-12(13-8-4-3-5-9-13)17-15-11-7-6-10-14(15)16(18)19-2/h3-5,8-9,12,14H,6-7,10-11H2,1-2H3/t12-,14?/m1/s1. The van der Waals surface area contributed by atoms with Gasteiger partial charge in [0.2, 0.25) is 0 Å². The van der Waals surface area contributed by atoms with Crippen LogP contribution in [0.25, 0.3) is 0 Å². The van der Waals surface area contributed by atoms with E-state index in [-0.39, 0.29) is 17.9 Å². The Hall–Kier alpha value is -1.64. The summed E-state index contributed by atoms with van der Waals surface area (Å²) < 4.78 is 4.89. The molecule has 102 valence electrons. The average molecular weight is 259 g/mol. The van der Waals surface area contributed by atoms with Gasteiger partial charge in [-0.15, -0.1) is 0 Å². The minimum atomic E-state index is -0.140. The summed E-state index contributed by atoms with van der Waals surface area (Å²) in [6.07, 6.45) is 3.98. The molecule has 0 N–H and O–H groups in total. The van der Waals surface area contributed by atoms with Gasteiger partial charge in [0.25, 0.3) is 0 Å². The lowest BCUT2D eigenvalue weighted by molar-refractivity contribution is -0.143. The highest BCUT2D eigenvalue weighted by Crippen LogP contribution is 2.26. The minimum absolute atomic E-state index is 0.0986. The van der Waals surface area contributed by atoms with Crippen LogP contribution in [0.3, 0.4) is 0 Å². The Labute approximate surface area is 114 Å². The molecule has 1 aromatic rings. The highest BCUT2D eigenvalue weighted by atomic mass is 16.5. The molecule has 3 heteroatoms. The van der Waals surface area contributed by atoms with Crippen LogP contribution in [0.1, 0.15) is 44.2 Å². The van der Waals surface area contributed by atoms with Gasteiger partial charge in [0.05, 0.1) is 19.1 Å². The molecule has 1 saturated carbocycles. The van der Waals surface area contributed by atoms with E-state index >= 15 is 0 Å². The van der Waals surface area contributed by atoms with Crippen LogP contribution in [0.4, 0.5) is 0 Å². The lowest BCUT2D eigenvalue weighted by atomic mass is 9.87. The van der Waals surface area contributed by atoms with Crippen LogP contribution >= 0.6 is 0 Å². The SMILES string of the molecule is COC(=O)C1CCCCC1=N[C@H](C)c1ccccc1. The van der Waals surface area contributed by atoms with Gasteiger partial charge in [0.15, 0.2) is 0 Å². The Balaban J connectivity index is 2.17. The Morgan fingerprint density at radius 2 is 2.05 bits per heavy atom. The van der Waals surface area contributed by atoms with Gasteiger partial charge in [-0.3, -0.25) is 9.79 Å². The van der Waals surface area contributed by atoms with E-state index < -0.39 is 0 Å². The summed E-state index contributed by atoms with van der Waals surface area (Å²) in [6.45, 7) is 2.07. The smallest absolute Gasteiger partial charge is 0.314 e. The molecular formula is C16H21NO2. The van der Waals surface area contributed by atoms with Crippen molar-refractivity contribution in [3.8, 4) is 0 Å². The summed E-state index contributed by atoms with van der Waals surface area (Å²) in [5.74, 6) is -0.274. The molecule has 0 spiro atoms. The van der Waals surface area contributed by atoms with Crippen LogP contribution in [0.15, 0.2) is 35.3 Å². The van der Waals surface area contributed by atoms with Gasteiger partial charge in [0.1, 0.15) is 0 Å². The third-order valence-corrected chi connectivity index (χ3v) is 3.71. The molecule has 19 heavy (non-hydrogen) atoms. The number of carbonyl (C=O) groups excluding carboxylic acids is 1. The molecule has 1 aromatic carbocycles. The van der Waals surface area contributed by atoms with Crippen molar-refractivity contribution >= 4 is 11.7 Å². The first-order valence-electron chi connectivity index (χ1n) is 6.91. The van der Waals surface area contributed by atoms with Crippen LogP contribution in [0.5, 0.6) is 0 Å². The zero-order chi connectivity index (χ0) is 13.7. The fourth-order valence-corrected chi connectivity index (χ4v) is 2.60. The summed E-state index contributed by atoms with van der Waals surface area (Å²) in [5, 5.41) is 0. The molecule has 0 radical (unpaired) electrons. The molecule has 0 aliphatic heterocycles. The fraction of sp³-hybridized carbons (Fsp3) is 0.500. The van der Waals surface area contributed by atoms with E-state index in [4.69, 9.17) is 9.73 Å². The van der Waals surface area contributed by atoms with E-state index in [1.54, 1.807) is 0 Å². The molecule has 1 aliphatic carbocycles. The van der Waals surface area contributed by atoms with E-state index in [0.29, 0.717) is 0 Å². The first-order chi connectivity index (χ1) is 9.22. The first kappa shape index (κ1) is 13.8. The third kappa shape index (κ3) is 3.43. The largest absolute Gasteiger partial charge is 0.469 e. The summed E-state index contributed by atoms with van der Waals surface area (Å²) in [6, 6.07) is 10.3. The Bertz CT molecular complexity index is 453. The van der Waals surface area contributed by atoms with Crippen molar-refractivity contribution in [2.24, 2.45) is 10.9 Å². The number of methoxy groups -OCH3 is 1. The van der Waals surface area contributed by atoms with Crippen molar-refractivity contribution in [1.82, 2.24) is 0 Å². The van der Waals surface area contributed by atoms with Gasteiger partial charge in [-0.05, 0) is 31.7 Å². The summed E-state index contributed by atoms with van der Waals surface area (Å²) in [7, 11) is 1.45. The second-order valence-corrected chi connectivity index (χ2v) is 5.03. The number of carbonyl (C=O) groups is 1. The summed E-state index contributed by atoms with van der Waals surface area (Å²) >= 11 is 0. The van der Waals surface area contributed by atoms with E-state index in [2.05, 4.69) is 19.1 Å². The van der Waals surface area contributed by atoms with Crippen LogP contribution in [0, 0.1) is 5.92 Å². The predicted octanol–water partition coefficient (Wildman–Crippen LogP) is 3.55. The van der Waals surface area contributed by atoms with Crippen LogP contribution in [0.2, 0.25) is 0 Å². The molecule has 0 saturated heterocycles. The van der Waals surface area contributed by atoms with Crippen LogP contribution in [-0.4, -0.2) is 18.8 Å². The fourth-order valence-electron chi connectivity index (χ4n) is 2.60. The number of hydrogen-bond acceptors (Lipinski definition) is 3. The Kier molecular flexibility index (Phi) is 4.72. The zero-order valence-corrected chi connectivity index (χ0v) is 11.6. The second kappa shape index (κ2) is 6.50. The predicted molar refractivity (Wildman–Crippen MR) is 76.3 cm³/mol. The molecule has 0 aromatic heterocycles. The Morgan fingerprint density at radius 1 is 1.32 bits per heavy atom. The van der Waals surface area contributed by atoms with Crippen molar-refractivity contribution in [2.75, 3.05) is 7.11 Å². The van der Waals surface area contributed by atoms with E-state index in [1.807, 2.05) is 18.2 Å². The highest BCUT2D eigenvalue weighted by molar-refractivity contribution is 6.02. The van der Waals surface area contributed by atoms with Crippen molar-refractivity contribution in [3.63, 3.8) is 0 Å². The van der Waals surface area contributed by atoms with Crippen LogP contribution in [-0.2, 0) is 9.53 Å². The second-order valence-electron chi connectivity index (χ2n) is 5.03. The third-order valence-electron chi connectivity index (χ3n) is 3.71. The van der Waals surface area contributed by atoms with Crippen molar-refractivity contribution in [1.29, 1.82) is 0 Å². The number of benzene rings is 1. The van der Waals surface area contributed by atoms with Gasteiger partial charge in [-0.1, -0.05) is 36.8 Å².